The van der Waals surface area contributed by atoms with Crippen molar-refractivity contribution in [3.63, 3.8) is 0 Å². The first-order valence-corrected chi connectivity index (χ1v) is 21.5. The van der Waals surface area contributed by atoms with Gasteiger partial charge in [0.05, 0.1) is 6.61 Å². The van der Waals surface area contributed by atoms with Gasteiger partial charge in [0, 0.05) is 19.3 Å². The lowest BCUT2D eigenvalue weighted by Gasteiger charge is -2.25. The van der Waals surface area contributed by atoms with E-state index in [2.05, 4.69) is 38.8 Å². The van der Waals surface area contributed by atoms with E-state index >= 15 is 0 Å². The lowest BCUT2D eigenvalue weighted by Crippen LogP contribution is -2.59. The zero-order chi connectivity index (χ0) is 44.0. The molecule has 0 fully saturated rings. The maximum absolute atomic E-state index is 13.2. The van der Waals surface area contributed by atoms with Gasteiger partial charge < -0.3 is 53.0 Å². The molecule has 0 aliphatic heterocycles. The first-order chi connectivity index (χ1) is 27.5. The molecule has 11 N–H and O–H groups in total. The predicted octanol–water partition coefficient (Wildman–Crippen LogP) is 0.596. The molecule has 20 heteroatoms. The molecule has 332 valence electrons. The number of carboxylic acids is 2. The minimum atomic E-state index is -1.64. The highest BCUT2D eigenvalue weighted by atomic mass is 32.2. The van der Waals surface area contributed by atoms with Crippen molar-refractivity contribution in [3.8, 4) is 0 Å². The number of unbranched alkanes of at least 4 members (excludes halogenated alkanes) is 10. The number of carbonyl (C=O) groups is 9. The van der Waals surface area contributed by atoms with Gasteiger partial charge in [-0.05, 0) is 51.5 Å². The van der Waals surface area contributed by atoms with Crippen molar-refractivity contribution in [3.05, 3.63) is 0 Å². The summed E-state index contributed by atoms with van der Waals surface area (Å²) in [6.45, 7) is 3.96. The number of aliphatic hydroxyl groups is 1. The number of carboxylic acid groups (broad SMARTS) is 2. The number of carbonyl (C=O) groups excluding carboxylic acids is 7. The number of aliphatic carboxylic acids is 2. The number of hydrogen-bond donors (Lipinski definition) is 10. The fraction of sp³-hybridized carbons (Fsp3) is 0.763. The van der Waals surface area contributed by atoms with Crippen LogP contribution in [0.1, 0.15) is 130 Å². The number of rotatable bonds is 34. The number of aliphatic hydroxyl groups excluding tert-OH is 1. The van der Waals surface area contributed by atoms with Crippen LogP contribution in [0.2, 0.25) is 0 Å². The van der Waals surface area contributed by atoms with Crippen LogP contribution in [0.25, 0.3) is 0 Å². The molecule has 0 radical (unpaired) electrons. The lowest BCUT2D eigenvalue weighted by molar-refractivity contribution is -0.143. The molecule has 0 aromatic heterocycles. The van der Waals surface area contributed by atoms with Crippen molar-refractivity contribution in [2.75, 3.05) is 18.6 Å². The fourth-order valence-corrected chi connectivity index (χ4v) is 6.10. The van der Waals surface area contributed by atoms with Gasteiger partial charge in [-0.1, -0.05) is 71.1 Å². The van der Waals surface area contributed by atoms with Crippen molar-refractivity contribution in [2.45, 2.75) is 166 Å². The Morgan fingerprint density at radius 1 is 0.534 bits per heavy atom. The van der Waals surface area contributed by atoms with Crippen LogP contribution in [0, 0.1) is 0 Å². The Balaban J connectivity index is 5.29. The highest BCUT2D eigenvalue weighted by Crippen LogP contribution is 2.12. The number of nitrogens with one attached hydrogen (secondary N) is 6. The molecule has 0 aliphatic rings. The highest BCUT2D eigenvalue weighted by Gasteiger charge is 2.32. The molecule has 0 spiro atoms. The Hall–Kier alpha value is -4.46. The summed E-state index contributed by atoms with van der Waals surface area (Å²) in [6, 6.07) is -8.23. The molecule has 7 amide bonds. The number of nitrogens with two attached hydrogens (primary N) is 1. The molecule has 0 rings (SSSR count). The van der Waals surface area contributed by atoms with Gasteiger partial charge in [0.1, 0.15) is 36.3 Å². The molecule has 6 atom stereocenters. The van der Waals surface area contributed by atoms with E-state index in [4.69, 9.17) is 5.73 Å². The SMILES string of the molecule is CCCCCCCCCCCCCC(=O)N[C@@H](C)C(=O)N[C@@H](CCC(=O)O)C(=O)N[C@@H](C)C(=O)N[C@@H](CCSC)C(=O)N[C@@H](CO)C(=O)N[C@@H](CCC(N)=O)C(=O)O. The summed E-state index contributed by atoms with van der Waals surface area (Å²) in [5.41, 5.74) is 5.05. The van der Waals surface area contributed by atoms with Crippen LogP contribution in [0.3, 0.4) is 0 Å². The zero-order valence-corrected chi connectivity index (χ0v) is 35.2. The molecule has 58 heavy (non-hydrogen) atoms. The van der Waals surface area contributed by atoms with Crippen molar-refractivity contribution in [1.82, 2.24) is 31.9 Å². The third kappa shape index (κ3) is 25.0. The number of thioether (sulfide) groups is 1. The van der Waals surface area contributed by atoms with Gasteiger partial charge in [-0.25, -0.2) is 4.79 Å². The summed E-state index contributed by atoms with van der Waals surface area (Å²) in [7, 11) is 0. The molecule has 0 saturated heterocycles. The Morgan fingerprint density at radius 3 is 1.45 bits per heavy atom. The Morgan fingerprint density at radius 2 is 0.966 bits per heavy atom. The summed E-state index contributed by atoms with van der Waals surface area (Å²) < 4.78 is 0. The van der Waals surface area contributed by atoms with Crippen LogP contribution >= 0.6 is 11.8 Å². The van der Waals surface area contributed by atoms with Crippen molar-refractivity contribution < 1.29 is 58.5 Å². The maximum atomic E-state index is 13.2. The lowest BCUT2D eigenvalue weighted by atomic mass is 10.1. The summed E-state index contributed by atoms with van der Waals surface area (Å²) in [6.07, 6.45) is 12.8. The number of primary amides is 1. The molecule has 0 saturated carbocycles. The summed E-state index contributed by atoms with van der Waals surface area (Å²) in [4.78, 5) is 112. The van der Waals surface area contributed by atoms with Crippen LogP contribution in [0.5, 0.6) is 0 Å². The van der Waals surface area contributed by atoms with E-state index in [0.29, 0.717) is 12.2 Å². The number of hydrogen-bond acceptors (Lipinski definition) is 11. The second-order valence-electron chi connectivity index (χ2n) is 14.3. The Bertz CT molecular complexity index is 1340. The second kappa shape index (κ2) is 31.5. The van der Waals surface area contributed by atoms with E-state index in [-0.39, 0.29) is 38.0 Å². The highest BCUT2D eigenvalue weighted by molar-refractivity contribution is 7.98. The third-order valence-electron chi connectivity index (χ3n) is 9.16. The van der Waals surface area contributed by atoms with E-state index in [9.17, 15) is 58.5 Å². The zero-order valence-electron chi connectivity index (χ0n) is 34.4. The first-order valence-electron chi connectivity index (χ1n) is 20.1. The van der Waals surface area contributed by atoms with Gasteiger partial charge >= 0.3 is 11.9 Å². The molecular formula is C38H67N7O12S. The molecular weight excluding hydrogens is 779 g/mol. The van der Waals surface area contributed by atoms with Gasteiger partial charge in [0.25, 0.3) is 0 Å². The average Bonchev–Trinajstić information content (AvgIpc) is 3.16. The topological polar surface area (TPSA) is 313 Å². The molecule has 19 nitrogen and oxygen atoms in total. The fourth-order valence-electron chi connectivity index (χ4n) is 5.63. The van der Waals surface area contributed by atoms with Crippen LogP contribution in [-0.2, 0) is 43.2 Å². The maximum Gasteiger partial charge on any atom is 0.326 e. The molecule has 0 aliphatic carbocycles. The minimum absolute atomic E-state index is 0.0374. The molecule has 0 aromatic carbocycles. The summed E-state index contributed by atoms with van der Waals surface area (Å²) >= 11 is 1.33. The quantitative estimate of drug-likeness (QED) is 0.0398. The molecule has 0 bridgehead atoms. The predicted molar refractivity (Wildman–Crippen MR) is 217 cm³/mol. The third-order valence-corrected chi connectivity index (χ3v) is 9.81. The molecule has 0 aromatic rings. The Labute approximate surface area is 345 Å². The number of amides is 7. The van der Waals surface area contributed by atoms with E-state index < -0.39 is 96.7 Å². The van der Waals surface area contributed by atoms with E-state index in [1.165, 1.54) is 70.6 Å². The van der Waals surface area contributed by atoms with E-state index in [1.807, 2.05) is 0 Å². The molecule has 0 heterocycles. The van der Waals surface area contributed by atoms with Crippen LogP contribution < -0.4 is 37.6 Å². The van der Waals surface area contributed by atoms with E-state index in [1.54, 1.807) is 6.26 Å². The van der Waals surface area contributed by atoms with Gasteiger partial charge in [-0.3, -0.25) is 38.4 Å². The van der Waals surface area contributed by atoms with Crippen LogP contribution in [0.4, 0.5) is 0 Å². The van der Waals surface area contributed by atoms with Crippen LogP contribution in [0.15, 0.2) is 0 Å². The van der Waals surface area contributed by atoms with E-state index in [0.717, 1.165) is 19.3 Å². The normalized spacial score (nSPS) is 14.0. The smallest absolute Gasteiger partial charge is 0.326 e. The monoisotopic (exact) mass is 845 g/mol. The van der Waals surface area contributed by atoms with Gasteiger partial charge in [0.15, 0.2) is 0 Å². The van der Waals surface area contributed by atoms with Gasteiger partial charge in [-0.2, -0.15) is 11.8 Å². The van der Waals surface area contributed by atoms with Gasteiger partial charge in [-0.15, -0.1) is 0 Å². The van der Waals surface area contributed by atoms with Crippen molar-refractivity contribution in [2.24, 2.45) is 5.73 Å². The van der Waals surface area contributed by atoms with Crippen molar-refractivity contribution in [1.29, 1.82) is 0 Å². The average molecular weight is 846 g/mol. The minimum Gasteiger partial charge on any atom is -0.481 e. The second-order valence-corrected chi connectivity index (χ2v) is 15.3. The molecule has 0 unspecified atom stereocenters. The van der Waals surface area contributed by atoms with Crippen LogP contribution in [-0.4, -0.2) is 123 Å². The summed E-state index contributed by atoms with van der Waals surface area (Å²) in [5, 5.41) is 42.7. The standard InChI is InChI=1S/C38H67N7O12S/c1-5-6-7-8-9-10-11-12-13-14-15-16-31(48)40-24(2)33(51)42-26(18-20-32(49)50)35(53)41-25(3)34(52)43-27(21-22-58-4)36(54)45-29(23-46)37(55)44-28(38(56)57)17-19-30(39)47/h24-29,46H,5-23H2,1-4H3,(H2,39,47)(H,40,48)(H,41,53)(H,42,51)(H,43,52)(H,44,55)(H,45,54)(H,49,50)(H,56,57)/t24-,25-,26-,27-,28-,29-/m0/s1. The van der Waals surface area contributed by atoms with Crippen molar-refractivity contribution >= 4 is 65.1 Å². The largest absolute Gasteiger partial charge is 0.481 e. The first kappa shape index (κ1) is 53.5. The summed E-state index contributed by atoms with van der Waals surface area (Å²) in [5.74, 6) is -8.00. The van der Waals surface area contributed by atoms with Gasteiger partial charge in [0.2, 0.25) is 41.4 Å². The Kier molecular flexibility index (Phi) is 29.1.